The highest BCUT2D eigenvalue weighted by molar-refractivity contribution is 5.79. The number of carbonyl (C=O) groups excluding carboxylic acids is 1. The van der Waals surface area contributed by atoms with E-state index in [0.29, 0.717) is 0 Å². The van der Waals surface area contributed by atoms with Gasteiger partial charge < -0.3 is 19.9 Å². The molecule has 7 heteroatoms. The first-order valence-corrected chi connectivity index (χ1v) is 9.89. The zero-order chi connectivity index (χ0) is 19.6. The van der Waals surface area contributed by atoms with Crippen molar-refractivity contribution in [2.75, 3.05) is 59.9 Å². The number of piperazine rings is 1. The molecule has 0 aromatic carbocycles. The van der Waals surface area contributed by atoms with Crippen LogP contribution in [0.1, 0.15) is 47.0 Å². The lowest BCUT2D eigenvalue weighted by Gasteiger charge is -2.35. The number of nitrogens with zero attached hydrogens (tertiary/aromatic N) is 4. The van der Waals surface area contributed by atoms with E-state index >= 15 is 0 Å². The molecule has 1 N–H and O–H groups in total. The molecule has 1 saturated heterocycles. The van der Waals surface area contributed by atoms with Crippen molar-refractivity contribution in [2.24, 2.45) is 4.99 Å². The lowest BCUT2D eigenvalue weighted by Crippen LogP contribution is -2.50. The fraction of sp³-hybridized carbons (Fsp3) is 0.895. The third kappa shape index (κ3) is 8.74. The minimum absolute atomic E-state index is 0.197. The monoisotopic (exact) mass is 369 g/mol. The normalized spacial score (nSPS) is 16.5. The summed E-state index contributed by atoms with van der Waals surface area (Å²) in [5, 5.41) is 3.44. The minimum atomic E-state index is -0.428. The second-order valence-electron chi connectivity index (χ2n) is 7.91. The van der Waals surface area contributed by atoms with Crippen LogP contribution in [0.5, 0.6) is 0 Å². The van der Waals surface area contributed by atoms with Crippen molar-refractivity contribution >= 4 is 12.1 Å². The lowest BCUT2D eigenvalue weighted by molar-refractivity contribution is 0.0145. The molecule has 0 aromatic rings. The number of carbonyl (C=O) groups is 1. The molecule has 26 heavy (non-hydrogen) atoms. The Morgan fingerprint density at radius 3 is 2.38 bits per heavy atom. The van der Waals surface area contributed by atoms with Crippen LogP contribution in [-0.4, -0.2) is 92.3 Å². The van der Waals surface area contributed by atoms with Crippen LogP contribution in [0.25, 0.3) is 0 Å². The first-order chi connectivity index (χ1) is 12.3. The second-order valence-corrected chi connectivity index (χ2v) is 7.91. The SMILES string of the molecule is CCCCN(C)C(=NC)NCCCN1CCN(C(=O)OC(C)(C)C)CC1. The average Bonchev–Trinajstić information content (AvgIpc) is 2.58. The molecule has 7 nitrogen and oxygen atoms in total. The summed E-state index contributed by atoms with van der Waals surface area (Å²) >= 11 is 0. The summed E-state index contributed by atoms with van der Waals surface area (Å²) in [6, 6.07) is 0. The summed E-state index contributed by atoms with van der Waals surface area (Å²) < 4.78 is 5.44. The minimum Gasteiger partial charge on any atom is -0.444 e. The highest BCUT2D eigenvalue weighted by Crippen LogP contribution is 2.11. The number of rotatable bonds is 7. The maximum Gasteiger partial charge on any atom is 0.410 e. The number of guanidine groups is 1. The van der Waals surface area contributed by atoms with Gasteiger partial charge in [-0.3, -0.25) is 9.89 Å². The Balaban J connectivity index is 2.21. The van der Waals surface area contributed by atoms with Crippen LogP contribution in [0, 0.1) is 0 Å². The van der Waals surface area contributed by atoms with Crippen molar-refractivity contribution in [2.45, 2.75) is 52.6 Å². The number of amides is 1. The third-order valence-corrected chi connectivity index (χ3v) is 4.38. The van der Waals surface area contributed by atoms with Gasteiger partial charge in [0, 0.05) is 53.4 Å². The fourth-order valence-corrected chi connectivity index (χ4v) is 2.87. The molecule has 1 aliphatic rings. The van der Waals surface area contributed by atoms with E-state index in [9.17, 15) is 4.79 Å². The summed E-state index contributed by atoms with van der Waals surface area (Å²) in [7, 11) is 3.92. The van der Waals surface area contributed by atoms with Gasteiger partial charge in [-0.05, 0) is 40.2 Å². The largest absolute Gasteiger partial charge is 0.444 e. The van der Waals surface area contributed by atoms with Gasteiger partial charge in [0.25, 0.3) is 0 Å². The first-order valence-electron chi connectivity index (χ1n) is 9.89. The molecule has 1 amide bonds. The molecule has 0 atom stereocenters. The quantitative estimate of drug-likeness (QED) is 0.424. The molecular weight excluding hydrogens is 330 g/mol. The summed E-state index contributed by atoms with van der Waals surface area (Å²) in [6.45, 7) is 14.2. The topological polar surface area (TPSA) is 60.4 Å². The molecule has 0 aromatic heterocycles. The molecule has 0 saturated carbocycles. The van der Waals surface area contributed by atoms with Gasteiger partial charge in [-0.1, -0.05) is 13.3 Å². The maximum absolute atomic E-state index is 12.1. The van der Waals surface area contributed by atoms with Crippen LogP contribution < -0.4 is 5.32 Å². The number of ether oxygens (including phenoxy) is 1. The summed E-state index contributed by atoms with van der Waals surface area (Å²) in [5.41, 5.74) is -0.428. The Labute approximate surface area is 159 Å². The molecule has 1 aliphatic heterocycles. The smallest absolute Gasteiger partial charge is 0.410 e. The van der Waals surface area contributed by atoms with E-state index in [2.05, 4.69) is 34.1 Å². The van der Waals surface area contributed by atoms with E-state index in [1.807, 2.05) is 32.7 Å². The van der Waals surface area contributed by atoms with Gasteiger partial charge in [0.05, 0.1) is 0 Å². The first kappa shape index (κ1) is 22.5. The molecule has 0 radical (unpaired) electrons. The Kier molecular flexibility index (Phi) is 9.76. The van der Waals surface area contributed by atoms with Crippen molar-refractivity contribution in [1.29, 1.82) is 0 Å². The number of hydrogen-bond donors (Lipinski definition) is 1. The van der Waals surface area contributed by atoms with Gasteiger partial charge in [0.15, 0.2) is 5.96 Å². The molecule has 1 heterocycles. The van der Waals surface area contributed by atoms with E-state index < -0.39 is 5.60 Å². The van der Waals surface area contributed by atoms with Gasteiger partial charge in [-0.2, -0.15) is 0 Å². The van der Waals surface area contributed by atoms with Crippen LogP contribution in [-0.2, 0) is 4.74 Å². The van der Waals surface area contributed by atoms with Crippen molar-refractivity contribution in [3.05, 3.63) is 0 Å². The Bertz CT molecular complexity index is 440. The highest BCUT2D eigenvalue weighted by Gasteiger charge is 2.25. The number of nitrogens with one attached hydrogen (secondary N) is 1. The molecule has 0 unspecified atom stereocenters. The molecular formula is C19H39N5O2. The van der Waals surface area contributed by atoms with Crippen molar-refractivity contribution in [3.63, 3.8) is 0 Å². The van der Waals surface area contributed by atoms with Gasteiger partial charge in [0.1, 0.15) is 5.60 Å². The Morgan fingerprint density at radius 2 is 1.85 bits per heavy atom. The zero-order valence-corrected chi connectivity index (χ0v) is 17.7. The van der Waals surface area contributed by atoms with Gasteiger partial charge in [-0.25, -0.2) is 4.79 Å². The van der Waals surface area contributed by atoms with Crippen LogP contribution in [0.2, 0.25) is 0 Å². The fourth-order valence-electron chi connectivity index (χ4n) is 2.87. The number of aliphatic imine (C=N–C) groups is 1. The molecule has 0 bridgehead atoms. The standard InChI is InChI=1S/C19H39N5O2/c1-7-8-11-22(6)17(20-5)21-10-9-12-23-13-15-24(16-14-23)18(25)26-19(2,3)4/h7-16H2,1-6H3,(H,20,21). The Hall–Kier alpha value is -1.50. The predicted octanol–water partition coefficient (Wildman–Crippen LogP) is 2.24. The summed E-state index contributed by atoms with van der Waals surface area (Å²) in [6.07, 6.45) is 3.24. The zero-order valence-electron chi connectivity index (χ0n) is 17.7. The summed E-state index contributed by atoms with van der Waals surface area (Å²) in [5.74, 6) is 0.966. The van der Waals surface area contributed by atoms with Crippen LogP contribution in [0.3, 0.4) is 0 Å². The van der Waals surface area contributed by atoms with Crippen molar-refractivity contribution in [3.8, 4) is 0 Å². The van der Waals surface area contributed by atoms with Crippen molar-refractivity contribution in [1.82, 2.24) is 20.0 Å². The third-order valence-electron chi connectivity index (χ3n) is 4.38. The molecule has 1 rings (SSSR count). The van der Waals surface area contributed by atoms with E-state index in [1.165, 1.54) is 12.8 Å². The average molecular weight is 370 g/mol. The van der Waals surface area contributed by atoms with Gasteiger partial charge >= 0.3 is 6.09 Å². The molecule has 152 valence electrons. The van der Waals surface area contributed by atoms with Gasteiger partial charge in [0.2, 0.25) is 0 Å². The maximum atomic E-state index is 12.1. The molecule has 0 spiro atoms. The highest BCUT2D eigenvalue weighted by atomic mass is 16.6. The van der Waals surface area contributed by atoms with E-state index in [0.717, 1.165) is 58.2 Å². The van der Waals surface area contributed by atoms with Crippen LogP contribution >= 0.6 is 0 Å². The second kappa shape index (κ2) is 11.3. The lowest BCUT2D eigenvalue weighted by atomic mass is 10.2. The number of hydrogen-bond acceptors (Lipinski definition) is 4. The van der Waals surface area contributed by atoms with Crippen LogP contribution in [0.15, 0.2) is 4.99 Å². The predicted molar refractivity (Wildman–Crippen MR) is 108 cm³/mol. The molecule has 1 fully saturated rings. The van der Waals surface area contributed by atoms with Crippen molar-refractivity contribution < 1.29 is 9.53 Å². The van der Waals surface area contributed by atoms with Gasteiger partial charge in [-0.15, -0.1) is 0 Å². The number of unbranched alkanes of at least 4 members (excludes halogenated alkanes) is 1. The van der Waals surface area contributed by atoms with E-state index in [-0.39, 0.29) is 6.09 Å². The molecule has 0 aliphatic carbocycles. The van der Waals surface area contributed by atoms with Crippen LogP contribution in [0.4, 0.5) is 4.79 Å². The Morgan fingerprint density at radius 1 is 1.19 bits per heavy atom. The van der Waals surface area contributed by atoms with E-state index in [1.54, 1.807) is 0 Å². The summed E-state index contributed by atoms with van der Waals surface area (Å²) in [4.78, 5) is 22.8. The van der Waals surface area contributed by atoms with E-state index in [4.69, 9.17) is 4.74 Å².